The maximum absolute atomic E-state index is 11.6. The van der Waals surface area contributed by atoms with Gasteiger partial charge in [0.05, 0.1) is 0 Å². The minimum Gasteiger partial charge on any atom is -0.483 e. The van der Waals surface area contributed by atoms with Gasteiger partial charge in [-0.05, 0) is 31.7 Å². The monoisotopic (exact) mass is 328 g/mol. The number of halogens is 1. The maximum atomic E-state index is 11.6. The Balaban J connectivity index is 2.84. The van der Waals surface area contributed by atoms with Crippen molar-refractivity contribution in [3.63, 3.8) is 0 Å². The van der Waals surface area contributed by atoms with Crippen LogP contribution in [-0.2, 0) is 4.79 Å². The van der Waals surface area contributed by atoms with E-state index < -0.39 is 0 Å². The Morgan fingerprint density at radius 3 is 2.74 bits per heavy atom. The molecule has 5 heteroatoms. The van der Waals surface area contributed by atoms with E-state index in [2.05, 4.69) is 35.1 Å². The summed E-state index contributed by atoms with van der Waals surface area (Å²) in [5, 5.41) is 3.34. The fourth-order valence-electron chi connectivity index (χ4n) is 1.67. The molecule has 0 saturated heterocycles. The third-order valence-corrected chi connectivity index (χ3v) is 3.29. The number of carbonyl (C=O) groups excluding carboxylic acids is 1. The lowest BCUT2D eigenvalue weighted by Gasteiger charge is -2.19. The highest BCUT2D eigenvalue weighted by atomic mass is 79.9. The molecule has 19 heavy (non-hydrogen) atoms. The summed E-state index contributed by atoms with van der Waals surface area (Å²) in [6, 6.07) is 5.99. The lowest BCUT2D eigenvalue weighted by atomic mass is 10.1. The van der Waals surface area contributed by atoms with Gasteiger partial charge in [0, 0.05) is 30.2 Å². The van der Waals surface area contributed by atoms with Crippen LogP contribution in [0.1, 0.15) is 25.5 Å². The Morgan fingerprint density at radius 1 is 1.47 bits per heavy atom. The normalized spacial score (nSPS) is 12.1. The molecule has 106 valence electrons. The molecule has 1 amide bonds. The molecule has 1 unspecified atom stereocenters. The quantitative estimate of drug-likeness (QED) is 0.872. The van der Waals surface area contributed by atoms with Crippen LogP contribution >= 0.6 is 15.9 Å². The molecular weight excluding hydrogens is 308 g/mol. The van der Waals surface area contributed by atoms with Crippen LogP contribution in [0, 0.1) is 0 Å². The minimum absolute atomic E-state index is 0.0510. The van der Waals surface area contributed by atoms with Crippen molar-refractivity contribution in [1.29, 1.82) is 0 Å². The third kappa shape index (κ3) is 4.84. The van der Waals surface area contributed by atoms with Gasteiger partial charge in [-0.25, -0.2) is 0 Å². The van der Waals surface area contributed by atoms with E-state index in [1.54, 1.807) is 14.1 Å². The number of carbonyl (C=O) groups is 1. The van der Waals surface area contributed by atoms with Gasteiger partial charge in [0.25, 0.3) is 5.91 Å². The number of benzene rings is 1. The fourth-order valence-corrected chi connectivity index (χ4v) is 2.05. The van der Waals surface area contributed by atoms with Crippen molar-refractivity contribution in [1.82, 2.24) is 10.2 Å². The van der Waals surface area contributed by atoms with Gasteiger partial charge in [-0.1, -0.05) is 22.9 Å². The van der Waals surface area contributed by atoms with Crippen molar-refractivity contribution in [3.05, 3.63) is 28.2 Å². The van der Waals surface area contributed by atoms with Crippen LogP contribution < -0.4 is 10.1 Å². The van der Waals surface area contributed by atoms with Gasteiger partial charge in [0.1, 0.15) is 5.75 Å². The van der Waals surface area contributed by atoms with E-state index in [0.717, 1.165) is 22.3 Å². The molecule has 1 N–H and O–H groups in total. The molecule has 0 aromatic heterocycles. The van der Waals surface area contributed by atoms with E-state index in [-0.39, 0.29) is 18.6 Å². The van der Waals surface area contributed by atoms with Gasteiger partial charge in [-0.2, -0.15) is 0 Å². The average Bonchev–Trinajstić information content (AvgIpc) is 2.36. The predicted molar refractivity (Wildman–Crippen MR) is 80.4 cm³/mol. The van der Waals surface area contributed by atoms with E-state index in [1.807, 2.05) is 18.2 Å². The van der Waals surface area contributed by atoms with Crippen LogP contribution in [0.25, 0.3) is 0 Å². The molecule has 1 rings (SSSR count). The zero-order valence-corrected chi connectivity index (χ0v) is 13.5. The van der Waals surface area contributed by atoms with E-state index in [4.69, 9.17) is 4.74 Å². The zero-order valence-electron chi connectivity index (χ0n) is 11.9. The molecule has 0 radical (unpaired) electrons. The number of nitrogens with one attached hydrogen (secondary N) is 1. The Morgan fingerprint density at radius 2 is 2.16 bits per heavy atom. The number of ether oxygens (including phenoxy) is 1. The summed E-state index contributed by atoms with van der Waals surface area (Å²) in [4.78, 5) is 13.1. The fraction of sp³-hybridized carbons (Fsp3) is 0.500. The summed E-state index contributed by atoms with van der Waals surface area (Å²) < 4.78 is 6.63. The van der Waals surface area contributed by atoms with Crippen molar-refractivity contribution in [2.24, 2.45) is 0 Å². The second kappa shape index (κ2) is 7.50. The first-order valence-electron chi connectivity index (χ1n) is 6.31. The minimum atomic E-state index is -0.0510. The van der Waals surface area contributed by atoms with Gasteiger partial charge in [-0.3, -0.25) is 4.79 Å². The van der Waals surface area contributed by atoms with Crippen LogP contribution in [-0.4, -0.2) is 38.1 Å². The highest BCUT2D eigenvalue weighted by Crippen LogP contribution is 2.28. The molecule has 0 bridgehead atoms. The number of rotatable bonds is 6. The van der Waals surface area contributed by atoms with Gasteiger partial charge in [-0.15, -0.1) is 0 Å². The van der Waals surface area contributed by atoms with Crippen LogP contribution in [0.2, 0.25) is 0 Å². The van der Waals surface area contributed by atoms with E-state index >= 15 is 0 Å². The van der Waals surface area contributed by atoms with Crippen LogP contribution in [0.4, 0.5) is 0 Å². The summed E-state index contributed by atoms with van der Waals surface area (Å²) in [5.41, 5.74) is 1.04. The molecule has 1 atom stereocenters. The van der Waals surface area contributed by atoms with Crippen molar-refractivity contribution in [2.45, 2.75) is 19.9 Å². The standard InChI is InChI=1S/C14H21BrN2O2/c1-5-16-10(2)12-8-11(15)6-7-13(12)19-9-14(18)17(3)4/h6-8,10,16H,5,9H2,1-4H3. The van der Waals surface area contributed by atoms with E-state index in [1.165, 1.54) is 4.90 Å². The first kappa shape index (κ1) is 16.0. The Bertz CT molecular complexity index is 435. The molecule has 4 nitrogen and oxygen atoms in total. The van der Waals surface area contributed by atoms with E-state index in [0.29, 0.717) is 0 Å². The number of amides is 1. The SMILES string of the molecule is CCNC(C)c1cc(Br)ccc1OCC(=O)N(C)C. The van der Waals surface area contributed by atoms with E-state index in [9.17, 15) is 4.79 Å². The lowest BCUT2D eigenvalue weighted by molar-refractivity contribution is -0.130. The lowest BCUT2D eigenvalue weighted by Crippen LogP contribution is -2.28. The van der Waals surface area contributed by atoms with Crippen LogP contribution in [0.15, 0.2) is 22.7 Å². The molecule has 0 fully saturated rings. The smallest absolute Gasteiger partial charge is 0.259 e. The summed E-state index contributed by atoms with van der Waals surface area (Å²) in [6.07, 6.45) is 0. The average molecular weight is 329 g/mol. The van der Waals surface area contributed by atoms with Crippen molar-refractivity contribution in [3.8, 4) is 5.75 Å². The maximum Gasteiger partial charge on any atom is 0.259 e. The number of likely N-dealkylation sites (N-methyl/N-ethyl adjacent to an activating group) is 1. The Hall–Kier alpha value is -1.07. The van der Waals surface area contributed by atoms with Crippen molar-refractivity contribution in [2.75, 3.05) is 27.2 Å². The highest BCUT2D eigenvalue weighted by molar-refractivity contribution is 9.10. The van der Waals surface area contributed by atoms with Gasteiger partial charge >= 0.3 is 0 Å². The second-order valence-electron chi connectivity index (χ2n) is 4.54. The molecule has 0 heterocycles. The molecule has 1 aromatic carbocycles. The molecule has 1 aromatic rings. The Labute approximate surface area is 123 Å². The highest BCUT2D eigenvalue weighted by Gasteiger charge is 2.13. The Kier molecular flexibility index (Phi) is 6.31. The summed E-state index contributed by atoms with van der Waals surface area (Å²) >= 11 is 3.46. The second-order valence-corrected chi connectivity index (χ2v) is 5.45. The molecular formula is C14H21BrN2O2. The van der Waals surface area contributed by atoms with Crippen LogP contribution in [0.3, 0.4) is 0 Å². The number of nitrogens with zero attached hydrogens (tertiary/aromatic N) is 1. The molecule has 0 spiro atoms. The largest absolute Gasteiger partial charge is 0.483 e. The molecule has 0 aliphatic rings. The van der Waals surface area contributed by atoms with Gasteiger partial charge in [0.15, 0.2) is 6.61 Å². The number of hydrogen-bond acceptors (Lipinski definition) is 3. The van der Waals surface area contributed by atoms with Crippen molar-refractivity contribution >= 4 is 21.8 Å². The third-order valence-electron chi connectivity index (χ3n) is 2.80. The topological polar surface area (TPSA) is 41.6 Å². The zero-order chi connectivity index (χ0) is 14.4. The van der Waals surface area contributed by atoms with Crippen molar-refractivity contribution < 1.29 is 9.53 Å². The summed E-state index contributed by atoms with van der Waals surface area (Å²) in [5.74, 6) is 0.692. The van der Waals surface area contributed by atoms with Gasteiger partial charge < -0.3 is 15.0 Å². The first-order valence-corrected chi connectivity index (χ1v) is 7.10. The molecule has 0 aliphatic heterocycles. The predicted octanol–water partition coefficient (Wildman–Crippen LogP) is 2.59. The summed E-state index contributed by atoms with van der Waals surface area (Å²) in [6.45, 7) is 5.07. The molecule has 0 saturated carbocycles. The van der Waals surface area contributed by atoms with Crippen LogP contribution in [0.5, 0.6) is 5.75 Å². The summed E-state index contributed by atoms with van der Waals surface area (Å²) in [7, 11) is 3.44. The number of hydrogen-bond donors (Lipinski definition) is 1. The molecule has 0 aliphatic carbocycles. The van der Waals surface area contributed by atoms with Gasteiger partial charge in [0.2, 0.25) is 0 Å². The first-order chi connectivity index (χ1) is 8.95.